The number of nitrogens with one attached hydrogen (secondary N) is 2. The Labute approximate surface area is 164 Å². The van der Waals surface area contributed by atoms with Crippen molar-refractivity contribution < 1.29 is 9.21 Å². The van der Waals surface area contributed by atoms with Crippen molar-refractivity contribution in [3.63, 3.8) is 0 Å². The van der Waals surface area contributed by atoms with E-state index in [4.69, 9.17) is 4.42 Å². The molecule has 6 nitrogen and oxygen atoms in total. The molecule has 0 aliphatic heterocycles. The average Bonchev–Trinajstić information content (AvgIpc) is 3.16. The van der Waals surface area contributed by atoms with Gasteiger partial charge >= 0.3 is 0 Å². The molecule has 3 rings (SSSR count). The Morgan fingerprint density at radius 1 is 1.04 bits per heavy atom. The summed E-state index contributed by atoms with van der Waals surface area (Å²) in [6.07, 6.45) is 1.69. The van der Waals surface area contributed by atoms with Crippen LogP contribution in [0, 0.1) is 5.92 Å². The highest BCUT2D eigenvalue weighted by Crippen LogP contribution is 2.13. The van der Waals surface area contributed by atoms with Crippen LogP contribution >= 0.6 is 0 Å². The normalized spacial score (nSPS) is 12.0. The lowest BCUT2D eigenvalue weighted by Crippen LogP contribution is -2.39. The molecule has 1 amide bonds. The summed E-state index contributed by atoms with van der Waals surface area (Å²) in [6.45, 7) is 4.97. The van der Waals surface area contributed by atoms with Crippen molar-refractivity contribution in [1.29, 1.82) is 0 Å². The third-order valence-electron chi connectivity index (χ3n) is 4.52. The van der Waals surface area contributed by atoms with E-state index in [9.17, 15) is 9.59 Å². The number of amides is 1. The topological polar surface area (TPSA) is 76.3 Å². The van der Waals surface area contributed by atoms with Gasteiger partial charge in [-0.2, -0.15) is 0 Å². The van der Waals surface area contributed by atoms with Crippen LogP contribution in [0.3, 0.4) is 0 Å². The van der Waals surface area contributed by atoms with Crippen molar-refractivity contribution in [3.8, 4) is 0 Å². The maximum atomic E-state index is 12.5. The highest BCUT2D eigenvalue weighted by atomic mass is 16.4. The molecule has 0 aliphatic rings. The number of hydrogen-bond donors (Lipinski definition) is 2. The monoisotopic (exact) mass is 379 g/mol. The number of carbonyl (C=O) groups excluding carboxylic acids is 1. The third-order valence-corrected chi connectivity index (χ3v) is 4.52. The van der Waals surface area contributed by atoms with E-state index in [1.54, 1.807) is 30.5 Å². The van der Waals surface area contributed by atoms with Gasteiger partial charge in [0.05, 0.1) is 6.54 Å². The summed E-state index contributed by atoms with van der Waals surface area (Å²) >= 11 is 0. The van der Waals surface area contributed by atoms with Crippen molar-refractivity contribution in [1.82, 2.24) is 9.88 Å². The summed E-state index contributed by atoms with van der Waals surface area (Å²) in [5, 5.41) is 6.37. The molecule has 28 heavy (non-hydrogen) atoms. The standard InChI is InChI=1S/C22H25N3O3/c1-16(2)19(24-17-8-4-3-5-9-17)14-23-22(27)20-12-11-18(28-20)15-25-13-7-6-10-21(25)26/h3-13,16,19,24H,14-15H2,1-2H3,(H,23,27). The summed E-state index contributed by atoms with van der Waals surface area (Å²) in [4.78, 5) is 24.2. The van der Waals surface area contributed by atoms with Crippen LogP contribution in [0.15, 0.2) is 76.1 Å². The summed E-state index contributed by atoms with van der Waals surface area (Å²) in [5.41, 5.74) is 0.903. The number of anilines is 1. The van der Waals surface area contributed by atoms with E-state index >= 15 is 0 Å². The molecule has 1 unspecified atom stereocenters. The quantitative estimate of drug-likeness (QED) is 0.629. The molecule has 2 aromatic heterocycles. The predicted molar refractivity (Wildman–Crippen MR) is 110 cm³/mol. The van der Waals surface area contributed by atoms with Crippen molar-refractivity contribution in [2.24, 2.45) is 5.92 Å². The molecule has 0 radical (unpaired) electrons. The minimum atomic E-state index is -0.271. The fraction of sp³-hybridized carbons (Fsp3) is 0.273. The Bertz CT molecular complexity index is 960. The largest absolute Gasteiger partial charge is 0.454 e. The Hall–Kier alpha value is -3.28. The lowest BCUT2D eigenvalue weighted by Gasteiger charge is -2.23. The number of hydrogen-bond acceptors (Lipinski definition) is 4. The Morgan fingerprint density at radius 3 is 2.50 bits per heavy atom. The first-order chi connectivity index (χ1) is 13.5. The van der Waals surface area contributed by atoms with E-state index < -0.39 is 0 Å². The van der Waals surface area contributed by atoms with Crippen LogP contribution in [-0.2, 0) is 6.54 Å². The van der Waals surface area contributed by atoms with E-state index in [0.717, 1.165) is 5.69 Å². The van der Waals surface area contributed by atoms with E-state index in [1.807, 2.05) is 30.3 Å². The van der Waals surface area contributed by atoms with Crippen LogP contribution in [0.2, 0.25) is 0 Å². The van der Waals surface area contributed by atoms with Crippen LogP contribution in [0.1, 0.15) is 30.2 Å². The van der Waals surface area contributed by atoms with E-state index in [0.29, 0.717) is 18.2 Å². The van der Waals surface area contributed by atoms with E-state index in [2.05, 4.69) is 24.5 Å². The number of benzene rings is 1. The number of para-hydroxylation sites is 1. The predicted octanol–water partition coefficient (Wildman–Crippen LogP) is 3.36. The Balaban J connectivity index is 1.59. The molecule has 0 bridgehead atoms. The number of aromatic nitrogens is 1. The number of furan rings is 1. The van der Waals surface area contributed by atoms with Crippen molar-refractivity contribution in [2.45, 2.75) is 26.4 Å². The molecule has 0 saturated carbocycles. The van der Waals surface area contributed by atoms with Crippen LogP contribution in [0.5, 0.6) is 0 Å². The highest BCUT2D eigenvalue weighted by Gasteiger charge is 2.17. The molecule has 6 heteroatoms. The van der Waals surface area contributed by atoms with Gasteiger partial charge in [0.2, 0.25) is 0 Å². The van der Waals surface area contributed by atoms with Gasteiger partial charge in [-0.1, -0.05) is 38.1 Å². The zero-order valence-electron chi connectivity index (χ0n) is 16.1. The minimum absolute atomic E-state index is 0.0867. The van der Waals surface area contributed by atoms with Crippen molar-refractivity contribution >= 4 is 11.6 Å². The lowest BCUT2D eigenvalue weighted by molar-refractivity contribution is 0.0920. The Morgan fingerprint density at radius 2 is 1.79 bits per heavy atom. The molecular formula is C22H25N3O3. The second-order valence-corrected chi connectivity index (χ2v) is 7.00. The van der Waals surface area contributed by atoms with Gasteiger partial charge in [0.1, 0.15) is 5.76 Å². The fourth-order valence-electron chi connectivity index (χ4n) is 2.84. The first-order valence-corrected chi connectivity index (χ1v) is 9.37. The van der Waals surface area contributed by atoms with Crippen LogP contribution in [0.4, 0.5) is 5.69 Å². The zero-order valence-corrected chi connectivity index (χ0v) is 16.1. The van der Waals surface area contributed by atoms with Crippen LogP contribution < -0.4 is 16.2 Å². The van der Waals surface area contributed by atoms with Crippen molar-refractivity contribution in [3.05, 3.63) is 88.7 Å². The van der Waals surface area contributed by atoms with E-state index in [1.165, 1.54) is 10.6 Å². The molecule has 3 aromatic rings. The fourth-order valence-corrected chi connectivity index (χ4v) is 2.84. The van der Waals surface area contributed by atoms with Gasteiger partial charge in [-0.25, -0.2) is 0 Å². The minimum Gasteiger partial charge on any atom is -0.454 e. The second kappa shape index (κ2) is 9.08. The molecule has 0 spiro atoms. The number of carbonyl (C=O) groups is 1. The van der Waals surface area contributed by atoms with Crippen LogP contribution in [-0.4, -0.2) is 23.1 Å². The van der Waals surface area contributed by atoms with Gasteiger partial charge < -0.3 is 19.6 Å². The molecule has 2 heterocycles. The number of pyridine rings is 1. The number of nitrogens with zero attached hydrogens (tertiary/aromatic N) is 1. The molecule has 0 fully saturated rings. The smallest absolute Gasteiger partial charge is 0.287 e. The maximum Gasteiger partial charge on any atom is 0.287 e. The molecule has 0 saturated heterocycles. The van der Waals surface area contributed by atoms with Crippen molar-refractivity contribution in [2.75, 3.05) is 11.9 Å². The third kappa shape index (κ3) is 5.13. The summed E-state index contributed by atoms with van der Waals surface area (Å²) in [7, 11) is 0. The highest BCUT2D eigenvalue weighted by molar-refractivity contribution is 5.91. The first kappa shape index (κ1) is 19.5. The molecule has 146 valence electrons. The molecule has 0 aliphatic carbocycles. The van der Waals surface area contributed by atoms with Gasteiger partial charge in [-0.15, -0.1) is 0 Å². The molecular weight excluding hydrogens is 354 g/mol. The second-order valence-electron chi connectivity index (χ2n) is 7.00. The van der Waals surface area contributed by atoms with Gasteiger partial charge in [0, 0.05) is 30.5 Å². The SMILES string of the molecule is CC(C)C(CNC(=O)c1ccc(Cn2ccccc2=O)o1)Nc1ccccc1. The summed E-state index contributed by atoms with van der Waals surface area (Å²) in [5.74, 6) is 0.854. The van der Waals surface area contributed by atoms with Gasteiger partial charge in [0.25, 0.3) is 11.5 Å². The summed E-state index contributed by atoms with van der Waals surface area (Å²) < 4.78 is 7.15. The zero-order chi connectivity index (χ0) is 19.9. The molecule has 2 N–H and O–H groups in total. The van der Waals surface area contributed by atoms with E-state index in [-0.39, 0.29) is 29.8 Å². The van der Waals surface area contributed by atoms with Gasteiger partial charge in [-0.05, 0) is 36.2 Å². The average molecular weight is 379 g/mol. The molecule has 1 aromatic carbocycles. The van der Waals surface area contributed by atoms with Gasteiger partial charge in [0.15, 0.2) is 5.76 Å². The summed E-state index contributed by atoms with van der Waals surface area (Å²) in [6, 6.07) is 18.3. The van der Waals surface area contributed by atoms with Gasteiger partial charge in [-0.3, -0.25) is 9.59 Å². The molecule has 1 atom stereocenters. The lowest BCUT2D eigenvalue weighted by atomic mass is 10.0. The number of rotatable bonds is 8. The maximum absolute atomic E-state index is 12.5. The Kier molecular flexibility index (Phi) is 6.32. The van der Waals surface area contributed by atoms with Crippen LogP contribution in [0.25, 0.3) is 0 Å². The first-order valence-electron chi connectivity index (χ1n) is 9.37.